The highest BCUT2D eigenvalue weighted by Gasteiger charge is 2.00. The second kappa shape index (κ2) is 4.69. The molecule has 0 amide bonds. The third-order valence-corrected chi connectivity index (χ3v) is 2.40. The van der Waals surface area contributed by atoms with E-state index in [4.69, 9.17) is 0 Å². The summed E-state index contributed by atoms with van der Waals surface area (Å²) < 4.78 is 1.41. The van der Waals surface area contributed by atoms with E-state index < -0.39 is 0 Å². The molecule has 0 aliphatic carbocycles. The Morgan fingerprint density at radius 1 is 1.35 bits per heavy atom. The van der Waals surface area contributed by atoms with Gasteiger partial charge in [0.25, 0.3) is 0 Å². The first-order valence-corrected chi connectivity index (χ1v) is 5.21. The number of nitrogens with zero attached hydrogens (tertiary/aromatic N) is 2. The van der Waals surface area contributed by atoms with Gasteiger partial charge in [-0.25, -0.2) is 4.79 Å². The van der Waals surface area contributed by atoms with E-state index in [9.17, 15) is 9.90 Å². The predicted octanol–water partition coefficient (Wildman–Crippen LogP) is 1.10. The first-order chi connectivity index (χ1) is 8.16. The molecule has 5 heteroatoms. The molecule has 1 aromatic carbocycles. The molecule has 0 unspecified atom stereocenters. The van der Waals surface area contributed by atoms with Crippen molar-refractivity contribution in [3.05, 3.63) is 52.7 Å². The third kappa shape index (κ3) is 2.63. The maximum absolute atomic E-state index is 11.3. The van der Waals surface area contributed by atoms with E-state index in [1.54, 1.807) is 37.5 Å². The summed E-state index contributed by atoms with van der Waals surface area (Å²) in [4.78, 5) is 15.2. The average Bonchev–Trinajstić information content (AvgIpc) is 2.32. The second-order valence-electron chi connectivity index (χ2n) is 3.68. The Kier molecular flexibility index (Phi) is 3.09. The Labute approximate surface area is 98.4 Å². The van der Waals surface area contributed by atoms with Gasteiger partial charge in [0.05, 0.1) is 17.9 Å². The minimum absolute atomic E-state index is 0.177. The van der Waals surface area contributed by atoms with Crippen LogP contribution in [0.25, 0.3) is 0 Å². The topological polar surface area (TPSA) is 67.2 Å². The number of hydrogen-bond donors (Lipinski definition) is 2. The van der Waals surface area contributed by atoms with Crippen molar-refractivity contribution in [3.63, 3.8) is 0 Å². The number of para-hydroxylation sites is 2. The predicted molar refractivity (Wildman–Crippen MR) is 64.9 cm³/mol. The Balaban J connectivity index is 2.10. The molecular formula is C12H13N3O2. The van der Waals surface area contributed by atoms with Gasteiger partial charge in [0, 0.05) is 13.2 Å². The van der Waals surface area contributed by atoms with Crippen molar-refractivity contribution in [1.29, 1.82) is 0 Å². The minimum atomic E-state index is -0.290. The minimum Gasteiger partial charge on any atom is -0.506 e. The van der Waals surface area contributed by atoms with E-state index in [1.165, 1.54) is 4.57 Å². The Hall–Kier alpha value is -2.30. The quantitative estimate of drug-likeness (QED) is 0.776. The summed E-state index contributed by atoms with van der Waals surface area (Å²) in [6.07, 6.45) is 1.66. The lowest BCUT2D eigenvalue weighted by atomic mass is 10.3. The summed E-state index contributed by atoms with van der Waals surface area (Å²) in [7, 11) is 1.65. The number of rotatable bonds is 3. The van der Waals surface area contributed by atoms with Crippen LogP contribution in [0.2, 0.25) is 0 Å². The van der Waals surface area contributed by atoms with Crippen molar-refractivity contribution in [3.8, 4) is 5.75 Å². The lowest BCUT2D eigenvalue weighted by Gasteiger charge is -2.07. The summed E-state index contributed by atoms with van der Waals surface area (Å²) in [6, 6.07) is 8.68. The van der Waals surface area contributed by atoms with Gasteiger partial charge in [-0.15, -0.1) is 0 Å². The van der Waals surface area contributed by atoms with E-state index >= 15 is 0 Å². The van der Waals surface area contributed by atoms with E-state index in [1.807, 2.05) is 6.07 Å². The van der Waals surface area contributed by atoms with Crippen molar-refractivity contribution >= 4 is 5.69 Å². The Morgan fingerprint density at radius 3 is 2.82 bits per heavy atom. The van der Waals surface area contributed by atoms with Gasteiger partial charge in [-0.3, -0.25) is 0 Å². The third-order valence-electron chi connectivity index (χ3n) is 2.40. The fourth-order valence-electron chi connectivity index (χ4n) is 1.41. The molecular weight excluding hydrogens is 218 g/mol. The zero-order chi connectivity index (χ0) is 12.3. The van der Waals surface area contributed by atoms with Crippen LogP contribution in [0, 0.1) is 0 Å². The maximum atomic E-state index is 11.3. The van der Waals surface area contributed by atoms with Gasteiger partial charge < -0.3 is 15.0 Å². The van der Waals surface area contributed by atoms with Crippen LogP contribution in [-0.2, 0) is 13.6 Å². The van der Waals surface area contributed by atoms with Crippen LogP contribution in [0.5, 0.6) is 5.75 Å². The summed E-state index contributed by atoms with van der Waals surface area (Å²) >= 11 is 0. The average molecular weight is 231 g/mol. The van der Waals surface area contributed by atoms with E-state index in [0.717, 1.165) is 0 Å². The van der Waals surface area contributed by atoms with Crippen LogP contribution < -0.4 is 11.0 Å². The molecule has 0 radical (unpaired) electrons. The zero-order valence-electron chi connectivity index (χ0n) is 9.42. The standard InChI is InChI=1S/C12H13N3O2/c1-15-7-6-9(14-12(15)17)8-13-10-4-2-3-5-11(10)16/h2-7,13,16H,8H2,1H3. The fraction of sp³-hybridized carbons (Fsp3) is 0.167. The molecule has 2 N–H and O–H groups in total. The lowest BCUT2D eigenvalue weighted by Crippen LogP contribution is -2.21. The largest absolute Gasteiger partial charge is 0.506 e. The smallest absolute Gasteiger partial charge is 0.347 e. The molecule has 17 heavy (non-hydrogen) atoms. The number of phenolic OH excluding ortho intramolecular Hbond substituents is 1. The number of hydrogen-bond acceptors (Lipinski definition) is 4. The number of aryl methyl sites for hydroxylation is 1. The highest BCUT2D eigenvalue weighted by molar-refractivity contribution is 5.55. The molecule has 0 bridgehead atoms. The van der Waals surface area contributed by atoms with Crippen molar-refractivity contribution < 1.29 is 5.11 Å². The Bertz CT molecular complexity index is 578. The van der Waals surface area contributed by atoms with Crippen LogP contribution in [0.3, 0.4) is 0 Å². The van der Waals surface area contributed by atoms with Gasteiger partial charge in [0.1, 0.15) is 5.75 Å². The molecule has 1 heterocycles. The molecule has 2 aromatic rings. The summed E-state index contributed by atoms with van der Waals surface area (Å²) in [5.41, 5.74) is 0.966. The highest BCUT2D eigenvalue weighted by atomic mass is 16.3. The van der Waals surface area contributed by atoms with Gasteiger partial charge in [0.15, 0.2) is 0 Å². The van der Waals surface area contributed by atoms with Crippen LogP contribution in [0.1, 0.15) is 5.69 Å². The van der Waals surface area contributed by atoms with Gasteiger partial charge in [-0.05, 0) is 18.2 Å². The van der Waals surface area contributed by atoms with E-state index in [0.29, 0.717) is 17.9 Å². The maximum Gasteiger partial charge on any atom is 0.347 e. The van der Waals surface area contributed by atoms with E-state index in [-0.39, 0.29) is 11.4 Å². The number of anilines is 1. The normalized spacial score (nSPS) is 10.2. The molecule has 0 aliphatic heterocycles. The number of nitrogens with one attached hydrogen (secondary N) is 1. The monoisotopic (exact) mass is 231 g/mol. The number of aromatic hydroxyl groups is 1. The van der Waals surface area contributed by atoms with E-state index in [2.05, 4.69) is 10.3 Å². The molecule has 0 atom stereocenters. The summed E-state index contributed by atoms with van der Waals surface area (Å²) in [6.45, 7) is 0.396. The molecule has 0 fully saturated rings. The molecule has 0 saturated carbocycles. The molecule has 0 saturated heterocycles. The first kappa shape index (κ1) is 11.2. The molecule has 0 aliphatic rings. The van der Waals surface area contributed by atoms with Crippen molar-refractivity contribution in [2.45, 2.75) is 6.54 Å². The molecule has 5 nitrogen and oxygen atoms in total. The summed E-state index contributed by atoms with van der Waals surface area (Å²) in [5.74, 6) is 0.177. The van der Waals surface area contributed by atoms with Crippen LogP contribution >= 0.6 is 0 Å². The first-order valence-electron chi connectivity index (χ1n) is 5.21. The second-order valence-corrected chi connectivity index (χ2v) is 3.68. The van der Waals surface area contributed by atoms with Crippen LogP contribution in [-0.4, -0.2) is 14.7 Å². The van der Waals surface area contributed by atoms with Gasteiger partial charge >= 0.3 is 5.69 Å². The lowest BCUT2D eigenvalue weighted by molar-refractivity contribution is 0.477. The van der Waals surface area contributed by atoms with Gasteiger partial charge in [-0.2, -0.15) is 4.98 Å². The summed E-state index contributed by atoms with van der Waals surface area (Å²) in [5, 5.41) is 12.6. The van der Waals surface area contributed by atoms with Crippen molar-refractivity contribution in [2.75, 3.05) is 5.32 Å². The molecule has 88 valence electrons. The Morgan fingerprint density at radius 2 is 2.12 bits per heavy atom. The van der Waals surface area contributed by atoms with Crippen LogP contribution in [0.15, 0.2) is 41.3 Å². The molecule has 1 aromatic heterocycles. The fourth-order valence-corrected chi connectivity index (χ4v) is 1.41. The van der Waals surface area contributed by atoms with Crippen LogP contribution in [0.4, 0.5) is 5.69 Å². The SMILES string of the molecule is Cn1ccc(CNc2ccccc2O)nc1=O. The number of aromatic nitrogens is 2. The zero-order valence-corrected chi connectivity index (χ0v) is 9.42. The molecule has 2 rings (SSSR count). The molecule has 0 spiro atoms. The van der Waals surface area contributed by atoms with Crippen molar-refractivity contribution in [1.82, 2.24) is 9.55 Å². The van der Waals surface area contributed by atoms with Gasteiger partial charge in [0.2, 0.25) is 0 Å². The highest BCUT2D eigenvalue weighted by Crippen LogP contribution is 2.21. The van der Waals surface area contributed by atoms with Crippen molar-refractivity contribution in [2.24, 2.45) is 7.05 Å². The number of phenols is 1. The van der Waals surface area contributed by atoms with Gasteiger partial charge in [-0.1, -0.05) is 12.1 Å². The number of benzene rings is 1.